The van der Waals surface area contributed by atoms with Crippen LogP contribution < -0.4 is 10.5 Å². The summed E-state index contributed by atoms with van der Waals surface area (Å²) in [7, 11) is -2.26. The van der Waals surface area contributed by atoms with E-state index in [-0.39, 0.29) is 35.0 Å². The summed E-state index contributed by atoms with van der Waals surface area (Å²) in [5.41, 5.74) is 6.07. The molecule has 0 spiro atoms. The second-order valence-electron chi connectivity index (χ2n) is 5.01. The third kappa shape index (κ3) is 4.81. The van der Waals surface area contributed by atoms with Gasteiger partial charge in [0, 0.05) is 24.7 Å². The molecule has 0 bridgehead atoms. The van der Waals surface area contributed by atoms with Crippen molar-refractivity contribution >= 4 is 33.2 Å². The van der Waals surface area contributed by atoms with Crippen molar-refractivity contribution < 1.29 is 13.2 Å². The van der Waals surface area contributed by atoms with Crippen LogP contribution in [0.25, 0.3) is 0 Å². The first-order valence-corrected chi connectivity index (χ1v) is 8.66. The van der Waals surface area contributed by atoms with Gasteiger partial charge in [0.2, 0.25) is 10.0 Å². The fraction of sp³-hybridized carbons (Fsp3) is 0.538. The van der Waals surface area contributed by atoms with Gasteiger partial charge in [0.1, 0.15) is 4.90 Å². The Balaban J connectivity index is 3.18. The zero-order valence-electron chi connectivity index (χ0n) is 12.2. The Bertz CT molecular complexity index is 591. The van der Waals surface area contributed by atoms with Gasteiger partial charge in [-0.2, -0.15) is 0 Å². The molecule has 8 heteroatoms. The molecule has 0 saturated carbocycles. The summed E-state index contributed by atoms with van der Waals surface area (Å²) >= 11 is 12.0. The third-order valence-corrected chi connectivity index (χ3v) is 5.37. The lowest BCUT2D eigenvalue weighted by Crippen LogP contribution is -2.41. The van der Waals surface area contributed by atoms with Crippen molar-refractivity contribution in [2.24, 2.45) is 11.7 Å². The molecule has 1 aromatic carbocycles. The molecule has 0 amide bonds. The van der Waals surface area contributed by atoms with Gasteiger partial charge >= 0.3 is 0 Å². The van der Waals surface area contributed by atoms with Crippen LogP contribution in [0.2, 0.25) is 10.0 Å². The molecule has 0 heterocycles. The third-order valence-electron chi connectivity index (χ3n) is 3.07. The van der Waals surface area contributed by atoms with Gasteiger partial charge in [-0.15, -0.1) is 0 Å². The predicted molar refractivity (Wildman–Crippen MR) is 85.2 cm³/mol. The van der Waals surface area contributed by atoms with Gasteiger partial charge in [-0.25, -0.2) is 13.1 Å². The van der Waals surface area contributed by atoms with Crippen LogP contribution in [0.3, 0.4) is 0 Å². The maximum absolute atomic E-state index is 12.5. The van der Waals surface area contributed by atoms with Crippen molar-refractivity contribution in [3.8, 4) is 0 Å². The van der Waals surface area contributed by atoms with Crippen molar-refractivity contribution in [3.63, 3.8) is 0 Å². The van der Waals surface area contributed by atoms with Gasteiger partial charge in [0.05, 0.1) is 11.6 Å². The first kappa shape index (κ1) is 18.7. The van der Waals surface area contributed by atoms with Crippen molar-refractivity contribution in [1.82, 2.24) is 4.72 Å². The van der Waals surface area contributed by atoms with Crippen LogP contribution in [-0.2, 0) is 21.3 Å². The molecule has 5 nitrogen and oxygen atoms in total. The van der Waals surface area contributed by atoms with Crippen LogP contribution in [0.4, 0.5) is 0 Å². The number of hydrogen-bond acceptors (Lipinski definition) is 4. The number of hydrogen-bond donors (Lipinski definition) is 2. The van der Waals surface area contributed by atoms with E-state index in [1.54, 1.807) is 0 Å². The van der Waals surface area contributed by atoms with Crippen LogP contribution in [0, 0.1) is 5.92 Å². The van der Waals surface area contributed by atoms with Crippen molar-refractivity contribution in [2.75, 3.05) is 13.7 Å². The highest BCUT2D eigenvalue weighted by atomic mass is 35.5. The van der Waals surface area contributed by atoms with Crippen LogP contribution in [-0.4, -0.2) is 28.2 Å². The minimum atomic E-state index is -3.78. The number of halogens is 2. The van der Waals surface area contributed by atoms with E-state index < -0.39 is 10.0 Å². The lowest BCUT2D eigenvalue weighted by Gasteiger charge is -2.22. The first-order chi connectivity index (χ1) is 9.72. The van der Waals surface area contributed by atoms with E-state index in [4.69, 9.17) is 33.7 Å². The van der Waals surface area contributed by atoms with Crippen LogP contribution in [0.1, 0.15) is 19.4 Å². The Hall–Kier alpha value is -0.370. The molecular formula is C13H20Cl2N2O3S. The normalized spacial score (nSPS) is 13.7. The minimum absolute atomic E-state index is 0.0317. The largest absolute Gasteiger partial charge is 0.383 e. The Morgan fingerprint density at radius 2 is 1.90 bits per heavy atom. The zero-order chi connectivity index (χ0) is 16.2. The fourth-order valence-corrected chi connectivity index (χ4v) is 3.98. The lowest BCUT2D eigenvalue weighted by atomic mass is 10.1. The van der Waals surface area contributed by atoms with E-state index in [1.165, 1.54) is 19.2 Å². The topological polar surface area (TPSA) is 81.4 Å². The van der Waals surface area contributed by atoms with E-state index in [9.17, 15) is 8.42 Å². The minimum Gasteiger partial charge on any atom is -0.383 e. The number of methoxy groups -OCH3 is 1. The summed E-state index contributed by atoms with van der Waals surface area (Å²) in [6.07, 6.45) is 0. The summed E-state index contributed by atoms with van der Waals surface area (Å²) in [6, 6.07) is 2.44. The van der Waals surface area contributed by atoms with E-state index in [2.05, 4.69) is 4.72 Å². The highest BCUT2D eigenvalue weighted by Gasteiger charge is 2.25. The second-order valence-corrected chi connectivity index (χ2v) is 7.50. The summed E-state index contributed by atoms with van der Waals surface area (Å²) in [5, 5.41) is 0.406. The van der Waals surface area contributed by atoms with Crippen molar-refractivity contribution in [1.29, 1.82) is 0 Å². The van der Waals surface area contributed by atoms with Gasteiger partial charge in [-0.1, -0.05) is 37.0 Å². The van der Waals surface area contributed by atoms with Crippen LogP contribution in [0.15, 0.2) is 17.0 Å². The number of sulfonamides is 1. The lowest BCUT2D eigenvalue weighted by molar-refractivity contribution is 0.157. The van der Waals surface area contributed by atoms with E-state index >= 15 is 0 Å². The van der Waals surface area contributed by atoms with Gasteiger partial charge in [-0.3, -0.25) is 0 Å². The maximum Gasteiger partial charge on any atom is 0.242 e. The Labute approximate surface area is 135 Å². The molecule has 3 N–H and O–H groups in total. The van der Waals surface area contributed by atoms with Gasteiger partial charge in [0.15, 0.2) is 0 Å². The first-order valence-electron chi connectivity index (χ1n) is 6.42. The Kier molecular flexibility index (Phi) is 6.90. The van der Waals surface area contributed by atoms with Crippen LogP contribution >= 0.6 is 23.2 Å². The average Bonchev–Trinajstić information content (AvgIpc) is 2.37. The number of nitrogens with two attached hydrogens (primary N) is 1. The quantitative estimate of drug-likeness (QED) is 0.787. The molecule has 1 unspecified atom stereocenters. The molecule has 0 aliphatic rings. The van der Waals surface area contributed by atoms with E-state index in [1.807, 2.05) is 13.8 Å². The Morgan fingerprint density at radius 3 is 2.38 bits per heavy atom. The number of ether oxygens (including phenoxy) is 1. The van der Waals surface area contributed by atoms with Gasteiger partial charge < -0.3 is 10.5 Å². The standard InChI is InChI=1S/C13H20Cl2N2O3S/c1-8(2)12(7-20-3)17-21(18,19)13-4-9(6-16)10(14)5-11(13)15/h4-5,8,12,17H,6-7,16H2,1-3H3. The van der Waals surface area contributed by atoms with Crippen LogP contribution in [0.5, 0.6) is 0 Å². The second kappa shape index (κ2) is 7.76. The molecule has 0 aliphatic heterocycles. The molecule has 1 aromatic rings. The molecular weight excluding hydrogens is 335 g/mol. The summed E-state index contributed by atoms with van der Waals surface area (Å²) in [6.45, 7) is 4.21. The van der Waals surface area contributed by atoms with Crippen molar-refractivity contribution in [2.45, 2.75) is 31.3 Å². The zero-order valence-corrected chi connectivity index (χ0v) is 14.5. The molecule has 0 aliphatic carbocycles. The molecule has 21 heavy (non-hydrogen) atoms. The number of benzene rings is 1. The molecule has 0 saturated heterocycles. The Morgan fingerprint density at radius 1 is 1.29 bits per heavy atom. The smallest absolute Gasteiger partial charge is 0.242 e. The predicted octanol–water partition coefficient (Wildman–Crippen LogP) is 2.40. The molecule has 120 valence electrons. The highest BCUT2D eigenvalue weighted by molar-refractivity contribution is 7.89. The summed E-state index contributed by atoms with van der Waals surface area (Å²) in [5.74, 6) is 0.0692. The summed E-state index contributed by atoms with van der Waals surface area (Å²) < 4.78 is 32.6. The summed E-state index contributed by atoms with van der Waals surface area (Å²) in [4.78, 5) is -0.0317. The van der Waals surface area contributed by atoms with E-state index in [0.29, 0.717) is 10.6 Å². The van der Waals surface area contributed by atoms with E-state index in [0.717, 1.165) is 0 Å². The molecule has 0 fully saturated rings. The fourth-order valence-electron chi connectivity index (χ4n) is 1.74. The maximum atomic E-state index is 12.5. The number of nitrogens with one attached hydrogen (secondary N) is 1. The molecule has 0 radical (unpaired) electrons. The monoisotopic (exact) mass is 354 g/mol. The van der Waals surface area contributed by atoms with Gasteiger partial charge in [0.25, 0.3) is 0 Å². The average molecular weight is 355 g/mol. The number of rotatable bonds is 7. The van der Waals surface area contributed by atoms with Crippen molar-refractivity contribution in [3.05, 3.63) is 27.7 Å². The molecule has 1 atom stereocenters. The SMILES string of the molecule is COCC(NS(=O)(=O)c1cc(CN)c(Cl)cc1Cl)C(C)C. The van der Waals surface area contributed by atoms with Gasteiger partial charge in [-0.05, 0) is 23.6 Å². The molecule has 1 rings (SSSR count). The highest BCUT2D eigenvalue weighted by Crippen LogP contribution is 2.28. The molecule has 0 aromatic heterocycles.